The van der Waals surface area contributed by atoms with Gasteiger partial charge in [-0.3, -0.25) is 0 Å². The zero-order valence-corrected chi connectivity index (χ0v) is 19.7. The van der Waals surface area contributed by atoms with E-state index in [0.717, 1.165) is 11.5 Å². The fourth-order valence-corrected chi connectivity index (χ4v) is 4.15. The largest absolute Gasteiger partial charge is 0.493 e. The monoisotopic (exact) mass is 495 g/mol. The van der Waals surface area contributed by atoms with Crippen LogP contribution in [0.3, 0.4) is 0 Å². The molecule has 0 amide bonds. The molecular formula is C23H17N3O8S. The smallest absolute Gasteiger partial charge is 0.347 e. The third-order valence-corrected chi connectivity index (χ3v) is 5.98. The summed E-state index contributed by atoms with van der Waals surface area (Å²) in [5.41, 5.74) is -0.232. The first-order valence-corrected chi connectivity index (χ1v) is 10.8. The van der Waals surface area contributed by atoms with E-state index in [1.54, 1.807) is 18.2 Å². The highest BCUT2D eigenvalue weighted by Gasteiger charge is 2.19. The van der Waals surface area contributed by atoms with Gasteiger partial charge >= 0.3 is 11.3 Å². The Bertz CT molecular complexity index is 1580. The number of hydrogen-bond donors (Lipinski definition) is 0. The first kappa shape index (κ1) is 22.3. The maximum absolute atomic E-state index is 12.6. The Hall–Kier alpha value is -4.45. The summed E-state index contributed by atoms with van der Waals surface area (Å²) in [7, 11) is 5.91. The number of hydrogen-bond acceptors (Lipinski definition) is 12. The van der Waals surface area contributed by atoms with E-state index in [0.29, 0.717) is 38.9 Å². The molecule has 178 valence electrons. The molecule has 12 heteroatoms. The Balaban J connectivity index is 1.59. The highest BCUT2D eigenvalue weighted by Crippen LogP contribution is 2.34. The van der Waals surface area contributed by atoms with Crippen molar-refractivity contribution in [1.29, 1.82) is 0 Å². The quantitative estimate of drug-likeness (QED) is 0.342. The normalized spacial score (nSPS) is 11.1. The third kappa shape index (κ3) is 3.83. The standard InChI is InChI=1S/C23H17N3O8S/c1-29-15-5-10-12(7-17(15)31-3)24-20(33-22(10)27)14-9-19(35-26-14)21-25-13-8-18(32-4)16(30-2)6-11(13)23(28)34-21/h5-9H,1-4H3. The molecule has 0 unspecified atom stereocenters. The maximum Gasteiger partial charge on any atom is 0.347 e. The van der Waals surface area contributed by atoms with E-state index in [2.05, 4.69) is 14.3 Å². The molecule has 0 aliphatic rings. The molecule has 5 rings (SSSR count). The second-order valence-corrected chi connectivity index (χ2v) is 7.94. The van der Waals surface area contributed by atoms with Gasteiger partial charge in [-0.1, -0.05) is 0 Å². The number of fused-ring (bicyclic) bond motifs is 2. The Kier molecular flexibility index (Phi) is 5.57. The number of aromatic nitrogens is 3. The molecule has 0 aliphatic carbocycles. The van der Waals surface area contributed by atoms with E-state index >= 15 is 0 Å². The lowest BCUT2D eigenvalue weighted by Crippen LogP contribution is -2.04. The highest BCUT2D eigenvalue weighted by atomic mass is 32.1. The van der Waals surface area contributed by atoms with Gasteiger partial charge in [-0.15, -0.1) is 0 Å². The molecule has 2 aromatic carbocycles. The average molecular weight is 495 g/mol. The van der Waals surface area contributed by atoms with Crippen molar-refractivity contribution in [2.75, 3.05) is 28.4 Å². The Morgan fingerprint density at radius 3 is 1.63 bits per heavy atom. The summed E-state index contributed by atoms with van der Waals surface area (Å²) in [5, 5.41) is 0.469. The first-order valence-electron chi connectivity index (χ1n) is 10.1. The average Bonchev–Trinajstić information content (AvgIpc) is 3.37. The van der Waals surface area contributed by atoms with Gasteiger partial charge in [0.25, 0.3) is 5.89 Å². The van der Waals surface area contributed by atoms with E-state index in [1.165, 1.54) is 40.6 Å². The molecule has 0 bridgehead atoms. The van der Waals surface area contributed by atoms with E-state index < -0.39 is 11.3 Å². The zero-order chi connectivity index (χ0) is 24.7. The summed E-state index contributed by atoms with van der Waals surface area (Å²) in [6.07, 6.45) is 0. The molecule has 0 radical (unpaired) electrons. The van der Waals surface area contributed by atoms with E-state index in [-0.39, 0.29) is 28.2 Å². The molecule has 0 fully saturated rings. The third-order valence-electron chi connectivity index (χ3n) is 5.21. The minimum Gasteiger partial charge on any atom is -0.493 e. The van der Waals surface area contributed by atoms with Gasteiger partial charge in [0.2, 0.25) is 5.89 Å². The van der Waals surface area contributed by atoms with Gasteiger partial charge in [-0.25, -0.2) is 19.6 Å². The lowest BCUT2D eigenvalue weighted by Gasteiger charge is -2.08. The Labute approximate surface area is 200 Å². The number of ether oxygens (including phenoxy) is 4. The van der Waals surface area contributed by atoms with Crippen LogP contribution in [0.15, 0.2) is 48.8 Å². The molecular weight excluding hydrogens is 478 g/mol. The summed E-state index contributed by atoms with van der Waals surface area (Å²) in [4.78, 5) is 34.5. The van der Waals surface area contributed by atoms with Gasteiger partial charge in [0.15, 0.2) is 23.0 Å². The first-order chi connectivity index (χ1) is 16.9. The number of methoxy groups -OCH3 is 4. The van der Waals surface area contributed by atoms with Crippen LogP contribution in [0.1, 0.15) is 0 Å². The lowest BCUT2D eigenvalue weighted by atomic mass is 10.2. The van der Waals surface area contributed by atoms with Crippen LogP contribution in [0.5, 0.6) is 23.0 Å². The van der Waals surface area contributed by atoms with Crippen LogP contribution in [-0.4, -0.2) is 42.8 Å². The van der Waals surface area contributed by atoms with Crippen molar-refractivity contribution in [1.82, 2.24) is 14.3 Å². The molecule has 0 saturated heterocycles. The van der Waals surface area contributed by atoms with Crippen LogP contribution in [0.4, 0.5) is 0 Å². The predicted molar refractivity (Wildman–Crippen MR) is 127 cm³/mol. The summed E-state index contributed by atoms with van der Waals surface area (Å²) < 4.78 is 36.2. The van der Waals surface area contributed by atoms with Crippen LogP contribution in [0, 0.1) is 0 Å². The van der Waals surface area contributed by atoms with Gasteiger partial charge in [0.1, 0.15) is 10.6 Å². The maximum atomic E-state index is 12.6. The second-order valence-electron chi connectivity index (χ2n) is 7.14. The van der Waals surface area contributed by atoms with Crippen LogP contribution in [0.25, 0.3) is 44.2 Å². The second kappa shape index (κ2) is 8.72. The predicted octanol–water partition coefficient (Wildman–Crippen LogP) is 3.51. The van der Waals surface area contributed by atoms with Crippen LogP contribution < -0.4 is 30.2 Å². The van der Waals surface area contributed by atoms with Crippen molar-refractivity contribution < 1.29 is 27.8 Å². The van der Waals surface area contributed by atoms with Crippen molar-refractivity contribution in [2.45, 2.75) is 0 Å². The van der Waals surface area contributed by atoms with Crippen molar-refractivity contribution in [3.05, 3.63) is 51.2 Å². The Morgan fingerprint density at radius 1 is 0.657 bits per heavy atom. The fraction of sp³-hybridized carbons (Fsp3) is 0.174. The van der Waals surface area contributed by atoms with Crippen molar-refractivity contribution >= 4 is 33.3 Å². The number of rotatable bonds is 6. The molecule has 3 aromatic heterocycles. The molecule has 0 spiro atoms. The molecule has 0 atom stereocenters. The van der Waals surface area contributed by atoms with E-state index in [1.807, 2.05) is 0 Å². The van der Waals surface area contributed by atoms with Gasteiger partial charge in [0.05, 0.1) is 50.2 Å². The molecule has 3 heterocycles. The summed E-state index contributed by atoms with van der Waals surface area (Å²) >= 11 is 1.01. The Morgan fingerprint density at radius 2 is 1.11 bits per heavy atom. The minimum atomic E-state index is -0.614. The summed E-state index contributed by atoms with van der Waals surface area (Å²) in [6, 6.07) is 7.74. The van der Waals surface area contributed by atoms with Gasteiger partial charge < -0.3 is 27.8 Å². The van der Waals surface area contributed by atoms with Crippen molar-refractivity contribution in [3.8, 4) is 45.4 Å². The van der Waals surface area contributed by atoms with Crippen molar-refractivity contribution in [2.24, 2.45) is 0 Å². The van der Waals surface area contributed by atoms with E-state index in [4.69, 9.17) is 27.8 Å². The number of benzene rings is 2. The summed E-state index contributed by atoms with van der Waals surface area (Å²) in [5.74, 6) is 1.64. The number of nitrogens with zero attached hydrogens (tertiary/aromatic N) is 3. The minimum absolute atomic E-state index is 0.00763. The molecule has 5 aromatic rings. The summed E-state index contributed by atoms with van der Waals surface area (Å²) in [6.45, 7) is 0. The molecule has 0 saturated carbocycles. The molecule has 0 aliphatic heterocycles. The van der Waals surface area contributed by atoms with Crippen molar-refractivity contribution in [3.63, 3.8) is 0 Å². The van der Waals surface area contributed by atoms with Gasteiger partial charge in [0, 0.05) is 24.3 Å². The van der Waals surface area contributed by atoms with Gasteiger partial charge in [-0.2, -0.15) is 4.37 Å². The van der Waals surface area contributed by atoms with Crippen LogP contribution in [-0.2, 0) is 0 Å². The van der Waals surface area contributed by atoms with Crippen LogP contribution in [0.2, 0.25) is 0 Å². The topological polar surface area (TPSA) is 136 Å². The fourth-order valence-electron chi connectivity index (χ4n) is 3.49. The SMILES string of the molecule is COc1cc2nc(-c3cc(-c4nc5cc(OC)c(OC)cc5c(=O)o4)sn3)oc(=O)c2cc1OC. The van der Waals surface area contributed by atoms with E-state index in [9.17, 15) is 9.59 Å². The molecule has 0 N–H and O–H groups in total. The molecule has 35 heavy (non-hydrogen) atoms. The zero-order valence-electron chi connectivity index (χ0n) is 18.9. The highest BCUT2D eigenvalue weighted by molar-refractivity contribution is 7.09. The lowest BCUT2D eigenvalue weighted by molar-refractivity contribution is 0.355. The van der Waals surface area contributed by atoms with Gasteiger partial charge in [-0.05, 0) is 17.6 Å². The molecule has 11 nitrogen and oxygen atoms in total. The van der Waals surface area contributed by atoms with Crippen LogP contribution >= 0.6 is 11.5 Å².